The third-order valence-electron chi connectivity index (χ3n) is 5.87. The van der Waals surface area contributed by atoms with E-state index in [-0.39, 0.29) is 17.3 Å². The Kier molecular flexibility index (Phi) is 9.54. The molecule has 0 aliphatic carbocycles. The van der Waals surface area contributed by atoms with Crippen LogP contribution in [0.25, 0.3) is 0 Å². The number of nitrogens with one attached hydrogen (secondary N) is 1. The summed E-state index contributed by atoms with van der Waals surface area (Å²) in [7, 11) is -1.07. The minimum Gasteiger partial charge on any atom is -0.497 e. The fourth-order valence-electron chi connectivity index (χ4n) is 3.87. The minimum absolute atomic E-state index is 0.00593. The van der Waals surface area contributed by atoms with Crippen molar-refractivity contribution >= 4 is 39.1 Å². The van der Waals surface area contributed by atoms with Gasteiger partial charge in [-0.3, -0.25) is 13.9 Å². The Labute approximate surface area is 222 Å². The molecule has 0 spiro atoms. The van der Waals surface area contributed by atoms with Crippen molar-refractivity contribution in [3.8, 4) is 5.75 Å². The van der Waals surface area contributed by atoms with Gasteiger partial charge in [-0.1, -0.05) is 48.9 Å². The van der Waals surface area contributed by atoms with Gasteiger partial charge in [0.25, 0.3) is 10.0 Å². The first-order valence-electron chi connectivity index (χ1n) is 11.7. The predicted molar refractivity (Wildman–Crippen MR) is 144 cm³/mol. The lowest BCUT2D eigenvalue weighted by atomic mass is 10.1. The van der Waals surface area contributed by atoms with E-state index in [0.717, 1.165) is 9.87 Å². The normalized spacial score (nSPS) is 11.9. The second kappa shape index (κ2) is 12.6. The lowest BCUT2D eigenvalue weighted by Crippen LogP contribution is -2.51. The largest absolute Gasteiger partial charge is 0.497 e. The number of carbonyl (C=O) groups excluding carboxylic acids is 2. The molecule has 0 fully saturated rings. The van der Waals surface area contributed by atoms with Gasteiger partial charge in [-0.15, -0.1) is 0 Å². The molecule has 0 saturated carbocycles. The van der Waals surface area contributed by atoms with E-state index in [0.29, 0.717) is 22.9 Å². The van der Waals surface area contributed by atoms with Gasteiger partial charge in [-0.2, -0.15) is 0 Å². The highest BCUT2D eigenvalue weighted by atomic mass is 35.5. The van der Waals surface area contributed by atoms with E-state index in [2.05, 4.69) is 5.32 Å². The molecule has 37 heavy (non-hydrogen) atoms. The van der Waals surface area contributed by atoms with Gasteiger partial charge in [0.05, 0.1) is 17.7 Å². The maximum atomic E-state index is 13.8. The lowest BCUT2D eigenvalue weighted by molar-refractivity contribution is -0.140. The lowest BCUT2D eigenvalue weighted by Gasteiger charge is -2.33. The van der Waals surface area contributed by atoms with E-state index in [1.54, 1.807) is 68.6 Å². The van der Waals surface area contributed by atoms with Crippen molar-refractivity contribution in [1.82, 2.24) is 10.2 Å². The summed E-state index contributed by atoms with van der Waals surface area (Å²) < 4.78 is 33.6. The van der Waals surface area contributed by atoms with Crippen LogP contribution in [0.1, 0.15) is 18.9 Å². The van der Waals surface area contributed by atoms with E-state index in [1.165, 1.54) is 36.2 Å². The summed E-state index contributed by atoms with van der Waals surface area (Å²) >= 11 is 5.96. The smallest absolute Gasteiger partial charge is 0.264 e. The van der Waals surface area contributed by atoms with Gasteiger partial charge in [0.15, 0.2) is 0 Å². The van der Waals surface area contributed by atoms with Crippen LogP contribution in [0.2, 0.25) is 5.02 Å². The number of anilines is 1. The SMILES string of the molecule is CC[C@H](C(=O)NC)N(Cc1ccc(OC)cc1)C(=O)CN(c1ccccc1)S(=O)(=O)c1ccc(Cl)cc1. The van der Waals surface area contributed by atoms with E-state index in [4.69, 9.17) is 16.3 Å². The van der Waals surface area contributed by atoms with Crippen LogP contribution in [0.15, 0.2) is 83.8 Å². The highest BCUT2D eigenvalue weighted by molar-refractivity contribution is 7.92. The molecule has 0 heterocycles. The van der Waals surface area contributed by atoms with Crippen LogP contribution in [0.4, 0.5) is 5.69 Å². The number of sulfonamides is 1. The molecule has 3 aromatic rings. The van der Waals surface area contributed by atoms with E-state index < -0.39 is 28.5 Å². The topological polar surface area (TPSA) is 96.0 Å². The quantitative estimate of drug-likeness (QED) is 0.393. The second-order valence-corrected chi connectivity index (χ2v) is 10.5. The van der Waals surface area contributed by atoms with Gasteiger partial charge >= 0.3 is 0 Å². The van der Waals surface area contributed by atoms with Crippen molar-refractivity contribution in [2.45, 2.75) is 30.8 Å². The zero-order valence-electron chi connectivity index (χ0n) is 20.9. The molecule has 2 amide bonds. The monoisotopic (exact) mass is 543 g/mol. The number of rotatable bonds is 11. The predicted octanol–water partition coefficient (Wildman–Crippen LogP) is 4.10. The van der Waals surface area contributed by atoms with Crippen LogP contribution in [0.3, 0.4) is 0 Å². The average molecular weight is 544 g/mol. The first-order valence-corrected chi connectivity index (χ1v) is 13.5. The zero-order valence-corrected chi connectivity index (χ0v) is 22.5. The second-order valence-electron chi connectivity index (χ2n) is 8.21. The highest BCUT2D eigenvalue weighted by Crippen LogP contribution is 2.25. The number of likely N-dealkylation sites (N-methyl/N-ethyl adjacent to an activating group) is 1. The van der Waals surface area contributed by atoms with Crippen LogP contribution >= 0.6 is 11.6 Å². The third kappa shape index (κ3) is 6.81. The molecular weight excluding hydrogens is 514 g/mol. The first-order chi connectivity index (χ1) is 17.7. The molecular formula is C27H30ClN3O5S. The van der Waals surface area contributed by atoms with Crippen molar-refractivity contribution in [3.05, 3.63) is 89.4 Å². The van der Waals surface area contributed by atoms with Crippen LogP contribution in [0, 0.1) is 0 Å². The van der Waals surface area contributed by atoms with Gasteiger partial charge in [0.2, 0.25) is 11.8 Å². The number of amides is 2. The summed E-state index contributed by atoms with van der Waals surface area (Å²) in [6, 6.07) is 20.5. The maximum Gasteiger partial charge on any atom is 0.264 e. The fourth-order valence-corrected chi connectivity index (χ4v) is 5.41. The standard InChI is InChI=1S/C27H30ClN3O5S/c1-4-25(27(33)29-2)30(18-20-10-14-23(36-3)15-11-20)26(32)19-31(22-8-6-5-7-9-22)37(34,35)24-16-12-21(28)13-17-24/h5-17,25H,4,18-19H2,1-3H3,(H,29,33)/t25-/m1/s1. The molecule has 0 unspecified atom stereocenters. The van der Waals surface area contributed by atoms with Crippen molar-refractivity contribution in [2.24, 2.45) is 0 Å². The van der Waals surface area contributed by atoms with Gasteiger partial charge in [-0.05, 0) is 60.5 Å². The van der Waals surface area contributed by atoms with Crippen molar-refractivity contribution in [3.63, 3.8) is 0 Å². The summed E-state index contributed by atoms with van der Waals surface area (Å²) in [6.07, 6.45) is 0.344. The van der Waals surface area contributed by atoms with Gasteiger partial charge in [-0.25, -0.2) is 8.42 Å². The van der Waals surface area contributed by atoms with Crippen molar-refractivity contribution in [1.29, 1.82) is 0 Å². The van der Waals surface area contributed by atoms with Crippen LogP contribution < -0.4 is 14.4 Å². The Hall–Kier alpha value is -3.56. The zero-order chi connectivity index (χ0) is 27.0. The number of nitrogens with zero attached hydrogens (tertiary/aromatic N) is 2. The molecule has 0 radical (unpaired) electrons. The van der Waals surface area contributed by atoms with Gasteiger partial charge in [0.1, 0.15) is 18.3 Å². The molecule has 0 bridgehead atoms. The molecule has 10 heteroatoms. The van der Waals surface area contributed by atoms with Crippen LogP contribution in [-0.2, 0) is 26.2 Å². The van der Waals surface area contributed by atoms with Crippen molar-refractivity contribution < 1.29 is 22.7 Å². The molecule has 0 aliphatic rings. The summed E-state index contributed by atoms with van der Waals surface area (Å²) in [4.78, 5) is 27.9. The molecule has 3 rings (SSSR count). The molecule has 0 aromatic heterocycles. The number of methoxy groups -OCH3 is 1. The molecule has 196 valence electrons. The number of hydrogen-bond donors (Lipinski definition) is 1. The third-order valence-corrected chi connectivity index (χ3v) is 7.91. The number of carbonyl (C=O) groups is 2. The average Bonchev–Trinajstić information content (AvgIpc) is 2.92. The summed E-state index contributed by atoms with van der Waals surface area (Å²) in [5.74, 6) is -0.201. The Morgan fingerprint density at radius 1 is 0.973 bits per heavy atom. The molecule has 3 aromatic carbocycles. The van der Waals surface area contributed by atoms with Crippen LogP contribution in [-0.4, -0.2) is 51.9 Å². The Morgan fingerprint density at radius 2 is 1.59 bits per heavy atom. The van der Waals surface area contributed by atoms with Gasteiger partial charge < -0.3 is 15.0 Å². The summed E-state index contributed by atoms with van der Waals surface area (Å²) in [5.41, 5.74) is 1.09. The van der Waals surface area contributed by atoms with Crippen LogP contribution in [0.5, 0.6) is 5.75 Å². The summed E-state index contributed by atoms with van der Waals surface area (Å²) in [5, 5.41) is 3.00. The first kappa shape index (κ1) is 28.0. The molecule has 0 saturated heterocycles. The summed E-state index contributed by atoms with van der Waals surface area (Å²) in [6.45, 7) is 1.41. The Bertz CT molecular complexity index is 1300. The number of para-hydroxylation sites is 1. The van der Waals surface area contributed by atoms with Gasteiger partial charge in [0, 0.05) is 18.6 Å². The minimum atomic E-state index is -4.13. The molecule has 1 atom stereocenters. The Balaban J connectivity index is 2.01. The molecule has 8 nitrogen and oxygen atoms in total. The van der Waals surface area contributed by atoms with E-state index in [1.807, 2.05) is 0 Å². The maximum absolute atomic E-state index is 13.8. The Morgan fingerprint density at radius 3 is 2.14 bits per heavy atom. The number of halogens is 1. The number of ether oxygens (including phenoxy) is 1. The fraction of sp³-hybridized carbons (Fsp3) is 0.259. The van der Waals surface area contributed by atoms with Crippen molar-refractivity contribution in [2.75, 3.05) is 25.0 Å². The number of hydrogen-bond acceptors (Lipinski definition) is 5. The van der Waals surface area contributed by atoms with E-state index in [9.17, 15) is 18.0 Å². The van der Waals surface area contributed by atoms with E-state index >= 15 is 0 Å². The molecule has 0 aliphatic heterocycles. The molecule has 1 N–H and O–H groups in total. The highest BCUT2D eigenvalue weighted by Gasteiger charge is 2.33. The number of benzene rings is 3.